The lowest BCUT2D eigenvalue weighted by molar-refractivity contribution is 0.304. The van der Waals surface area contributed by atoms with Crippen molar-refractivity contribution in [3.8, 4) is 5.75 Å². The first-order chi connectivity index (χ1) is 14.6. The van der Waals surface area contributed by atoms with Crippen molar-refractivity contribution in [1.29, 1.82) is 0 Å². The van der Waals surface area contributed by atoms with Gasteiger partial charge in [0.1, 0.15) is 23.2 Å². The molecule has 0 saturated carbocycles. The number of ether oxygens (including phenoxy) is 1. The van der Waals surface area contributed by atoms with E-state index in [1.54, 1.807) is 6.07 Å². The van der Waals surface area contributed by atoms with E-state index >= 15 is 0 Å². The number of piperazine rings is 1. The topological polar surface area (TPSA) is 15.7 Å². The molecule has 30 heavy (non-hydrogen) atoms. The Labute approximate surface area is 186 Å². The van der Waals surface area contributed by atoms with Crippen molar-refractivity contribution in [3.63, 3.8) is 0 Å². The molecule has 1 fully saturated rings. The predicted molar refractivity (Wildman–Crippen MR) is 124 cm³/mol. The molecule has 0 amide bonds. The molecule has 154 valence electrons. The second kappa shape index (κ2) is 9.45. The minimum absolute atomic E-state index is 0.186. The average Bonchev–Trinajstić information content (AvgIpc) is 2.79. The highest BCUT2D eigenvalue weighted by Crippen LogP contribution is 2.25. The minimum atomic E-state index is -0.186. The molecule has 0 aliphatic carbocycles. The highest BCUT2D eigenvalue weighted by atomic mass is 35.5. The summed E-state index contributed by atoms with van der Waals surface area (Å²) in [5.74, 6) is 0.573. The number of halogens is 2. The highest BCUT2D eigenvalue weighted by molar-refractivity contribution is 7.80. The van der Waals surface area contributed by atoms with Gasteiger partial charge in [0, 0.05) is 31.2 Å². The van der Waals surface area contributed by atoms with Crippen LogP contribution in [-0.2, 0) is 6.61 Å². The number of para-hydroxylation sites is 2. The number of nitrogens with zero attached hydrogens (tertiary/aromatic N) is 2. The van der Waals surface area contributed by atoms with Gasteiger partial charge in [0.2, 0.25) is 0 Å². The number of hydrogen-bond acceptors (Lipinski definition) is 3. The number of hydrogen-bond donors (Lipinski definition) is 0. The Bertz CT molecular complexity index is 1020. The van der Waals surface area contributed by atoms with Crippen LogP contribution in [0.25, 0.3) is 0 Å². The summed E-state index contributed by atoms with van der Waals surface area (Å²) in [4.78, 5) is 4.99. The largest absolute Gasteiger partial charge is 0.488 e. The van der Waals surface area contributed by atoms with E-state index < -0.39 is 0 Å². The van der Waals surface area contributed by atoms with Gasteiger partial charge in [0.25, 0.3) is 0 Å². The van der Waals surface area contributed by atoms with Crippen LogP contribution in [0.1, 0.15) is 11.1 Å². The summed E-state index contributed by atoms with van der Waals surface area (Å²) in [5.41, 5.74) is 2.59. The molecule has 0 aromatic heterocycles. The van der Waals surface area contributed by atoms with E-state index in [-0.39, 0.29) is 5.82 Å². The molecule has 3 aromatic rings. The van der Waals surface area contributed by atoms with Gasteiger partial charge in [-0.2, -0.15) is 0 Å². The monoisotopic (exact) mass is 440 g/mol. The molecule has 3 aromatic carbocycles. The van der Waals surface area contributed by atoms with Gasteiger partial charge in [0.05, 0.1) is 11.3 Å². The van der Waals surface area contributed by atoms with Crippen molar-refractivity contribution < 1.29 is 9.13 Å². The normalized spacial score (nSPS) is 13.9. The predicted octanol–water partition coefficient (Wildman–Crippen LogP) is 5.56. The first kappa shape index (κ1) is 20.6. The molecule has 0 atom stereocenters. The standard InChI is InChI=1S/C24H22ClFN2OS/c25-19-11-9-18(10-12-19)17-29-23-8-4-1-5-20(23)24(30)28-15-13-27(14-16-28)22-7-3-2-6-21(22)26/h1-12H,13-17H2. The lowest BCUT2D eigenvalue weighted by Gasteiger charge is -2.37. The Hall–Kier alpha value is -2.63. The van der Waals surface area contributed by atoms with Crippen LogP contribution in [0.15, 0.2) is 72.8 Å². The van der Waals surface area contributed by atoms with Gasteiger partial charge >= 0.3 is 0 Å². The molecule has 0 N–H and O–H groups in total. The molecule has 6 heteroatoms. The fourth-order valence-electron chi connectivity index (χ4n) is 3.54. The third-order valence-electron chi connectivity index (χ3n) is 5.19. The van der Waals surface area contributed by atoms with E-state index in [1.165, 1.54) is 6.07 Å². The zero-order valence-electron chi connectivity index (χ0n) is 16.4. The molecule has 1 aliphatic rings. The van der Waals surface area contributed by atoms with Crippen molar-refractivity contribution >= 4 is 34.5 Å². The molecule has 1 saturated heterocycles. The fraction of sp³-hybridized carbons (Fsp3) is 0.208. The zero-order valence-corrected chi connectivity index (χ0v) is 18.0. The van der Waals surface area contributed by atoms with Crippen LogP contribution < -0.4 is 9.64 Å². The van der Waals surface area contributed by atoms with Gasteiger partial charge < -0.3 is 14.5 Å². The third-order valence-corrected chi connectivity index (χ3v) is 5.92. The van der Waals surface area contributed by atoms with Crippen LogP contribution in [-0.4, -0.2) is 36.1 Å². The maximum Gasteiger partial charge on any atom is 0.146 e. The highest BCUT2D eigenvalue weighted by Gasteiger charge is 2.23. The molecular weight excluding hydrogens is 419 g/mol. The van der Waals surface area contributed by atoms with Crippen molar-refractivity contribution in [2.45, 2.75) is 6.61 Å². The number of rotatable bonds is 5. The van der Waals surface area contributed by atoms with Crippen molar-refractivity contribution in [1.82, 2.24) is 4.90 Å². The van der Waals surface area contributed by atoms with E-state index in [0.29, 0.717) is 17.3 Å². The Balaban J connectivity index is 1.41. The van der Waals surface area contributed by atoms with Crippen molar-refractivity contribution in [3.05, 3.63) is 94.8 Å². The molecule has 4 rings (SSSR count). The van der Waals surface area contributed by atoms with Gasteiger partial charge in [-0.15, -0.1) is 0 Å². The first-order valence-electron chi connectivity index (χ1n) is 9.87. The van der Waals surface area contributed by atoms with Crippen LogP contribution >= 0.6 is 23.8 Å². The summed E-state index contributed by atoms with van der Waals surface area (Å²) >= 11 is 11.7. The molecule has 0 bridgehead atoms. The second-order valence-corrected chi connectivity index (χ2v) is 7.97. The Morgan fingerprint density at radius 3 is 2.30 bits per heavy atom. The van der Waals surface area contributed by atoms with Crippen LogP contribution in [0, 0.1) is 5.82 Å². The summed E-state index contributed by atoms with van der Waals surface area (Å²) in [6, 6.07) is 22.3. The molecular formula is C24H22ClFN2OS. The third kappa shape index (κ3) is 4.74. The molecule has 1 aliphatic heterocycles. The SMILES string of the molecule is Fc1ccccc1N1CCN(C(=S)c2ccccc2OCc2ccc(Cl)cc2)CC1. The van der Waals surface area contributed by atoms with Gasteiger partial charge in [-0.05, 0) is 42.0 Å². The van der Waals surface area contributed by atoms with Crippen LogP contribution in [0.3, 0.4) is 0 Å². The average molecular weight is 441 g/mol. The maximum absolute atomic E-state index is 14.1. The second-order valence-electron chi connectivity index (χ2n) is 7.14. The van der Waals surface area contributed by atoms with Crippen molar-refractivity contribution in [2.24, 2.45) is 0 Å². The van der Waals surface area contributed by atoms with E-state index in [4.69, 9.17) is 28.6 Å². The van der Waals surface area contributed by atoms with Gasteiger partial charge in [-0.1, -0.05) is 60.2 Å². The quantitative estimate of drug-likeness (QED) is 0.483. The number of benzene rings is 3. The van der Waals surface area contributed by atoms with E-state index in [2.05, 4.69) is 9.80 Å². The van der Waals surface area contributed by atoms with Gasteiger partial charge in [-0.3, -0.25) is 0 Å². The zero-order chi connectivity index (χ0) is 20.9. The summed E-state index contributed by atoms with van der Waals surface area (Å²) in [5, 5.41) is 0.704. The number of anilines is 1. The van der Waals surface area contributed by atoms with Gasteiger partial charge in [-0.25, -0.2) is 4.39 Å². The van der Waals surface area contributed by atoms with Crippen LogP contribution in [0.5, 0.6) is 5.75 Å². The summed E-state index contributed by atoms with van der Waals surface area (Å²) in [6.07, 6.45) is 0. The summed E-state index contributed by atoms with van der Waals surface area (Å²) in [7, 11) is 0. The summed E-state index contributed by atoms with van der Waals surface area (Å²) < 4.78 is 20.2. The van der Waals surface area contributed by atoms with E-state index in [9.17, 15) is 4.39 Å². The molecule has 0 unspecified atom stereocenters. The Kier molecular flexibility index (Phi) is 6.50. The Morgan fingerprint density at radius 2 is 1.57 bits per heavy atom. The lowest BCUT2D eigenvalue weighted by Crippen LogP contribution is -2.48. The molecule has 3 nitrogen and oxygen atoms in total. The smallest absolute Gasteiger partial charge is 0.146 e. The van der Waals surface area contributed by atoms with E-state index in [0.717, 1.165) is 48.0 Å². The van der Waals surface area contributed by atoms with Crippen molar-refractivity contribution in [2.75, 3.05) is 31.1 Å². The summed E-state index contributed by atoms with van der Waals surface area (Å²) in [6.45, 7) is 3.35. The number of thiocarbonyl (C=S) groups is 1. The molecule has 0 spiro atoms. The molecule has 1 heterocycles. The lowest BCUT2D eigenvalue weighted by atomic mass is 10.1. The minimum Gasteiger partial charge on any atom is -0.488 e. The van der Waals surface area contributed by atoms with Gasteiger partial charge in [0.15, 0.2) is 0 Å². The van der Waals surface area contributed by atoms with Crippen LogP contribution in [0.4, 0.5) is 10.1 Å². The fourth-order valence-corrected chi connectivity index (χ4v) is 4.02. The molecule has 0 radical (unpaired) electrons. The maximum atomic E-state index is 14.1. The van der Waals surface area contributed by atoms with E-state index in [1.807, 2.05) is 60.7 Å². The first-order valence-corrected chi connectivity index (χ1v) is 10.7. The van der Waals surface area contributed by atoms with Crippen LogP contribution in [0.2, 0.25) is 5.02 Å². The Morgan fingerprint density at radius 1 is 0.900 bits per heavy atom.